The standard InChI is InChI=1S/C19H16ClN5O3S3.C2HF3O2/c20-11-2-1-10-5-16(30-15(10)6-11)31(27,28)24-14-3-4-25(19(14)26)8-12-7-13-17(21)22-9-23-18(13)29-12;3-2(4,5)1(6)7/h1-2,5-7,9,14,24H,3-4,8H2,(H2,21,22,23);(H,6,7)/t14-;/m0./s1. The Bertz CT molecular complexity index is 1640. The lowest BCUT2D eigenvalue weighted by Gasteiger charge is -2.16. The van der Waals surface area contributed by atoms with Gasteiger partial charge in [-0.1, -0.05) is 17.7 Å². The minimum Gasteiger partial charge on any atom is -0.475 e. The first kappa shape index (κ1) is 28.0. The summed E-state index contributed by atoms with van der Waals surface area (Å²) in [5, 5.41) is 9.22. The molecule has 0 spiro atoms. The summed E-state index contributed by atoms with van der Waals surface area (Å²) in [6, 6.07) is 7.90. The highest BCUT2D eigenvalue weighted by molar-refractivity contribution is 7.91. The van der Waals surface area contributed by atoms with E-state index in [9.17, 15) is 26.4 Å². The topological polar surface area (TPSA) is 156 Å². The van der Waals surface area contributed by atoms with Gasteiger partial charge in [0.05, 0.1) is 11.9 Å². The Morgan fingerprint density at radius 2 is 1.95 bits per heavy atom. The van der Waals surface area contributed by atoms with Gasteiger partial charge < -0.3 is 15.7 Å². The molecule has 38 heavy (non-hydrogen) atoms. The summed E-state index contributed by atoms with van der Waals surface area (Å²) >= 11 is 8.56. The monoisotopic (exact) mass is 607 g/mol. The van der Waals surface area contributed by atoms with Crippen LogP contribution in [0.15, 0.2) is 40.9 Å². The Hall–Kier alpha value is -3.05. The molecule has 1 aliphatic heterocycles. The number of hydrogen-bond acceptors (Lipinski definition) is 9. The SMILES string of the molecule is Nc1ncnc2sc(CN3CC[C@H](NS(=O)(=O)c4cc5ccc(Cl)cc5s4)C3=O)cc12.O=C(O)C(F)(F)F. The molecule has 1 amide bonds. The molecule has 3 aromatic heterocycles. The van der Waals surface area contributed by atoms with Crippen LogP contribution >= 0.6 is 34.3 Å². The van der Waals surface area contributed by atoms with Crippen molar-refractivity contribution in [1.29, 1.82) is 0 Å². The minimum absolute atomic E-state index is 0.162. The fourth-order valence-electron chi connectivity index (χ4n) is 3.55. The molecule has 4 N–H and O–H groups in total. The van der Waals surface area contributed by atoms with Crippen LogP contribution in [0.4, 0.5) is 19.0 Å². The maximum atomic E-state index is 12.9. The highest BCUT2D eigenvalue weighted by Gasteiger charge is 2.38. The molecule has 1 aliphatic rings. The van der Waals surface area contributed by atoms with Gasteiger partial charge in [0.2, 0.25) is 5.91 Å². The van der Waals surface area contributed by atoms with Crippen molar-refractivity contribution in [2.45, 2.75) is 29.4 Å². The number of carbonyl (C=O) groups is 2. The smallest absolute Gasteiger partial charge is 0.475 e. The van der Waals surface area contributed by atoms with Crippen molar-refractivity contribution in [2.75, 3.05) is 12.3 Å². The van der Waals surface area contributed by atoms with Gasteiger partial charge in [0.15, 0.2) is 0 Å². The first-order valence-electron chi connectivity index (χ1n) is 10.5. The number of sulfonamides is 1. The van der Waals surface area contributed by atoms with E-state index in [1.165, 1.54) is 17.7 Å². The zero-order valence-electron chi connectivity index (χ0n) is 18.9. The van der Waals surface area contributed by atoms with Crippen molar-refractivity contribution in [3.63, 3.8) is 0 Å². The van der Waals surface area contributed by atoms with E-state index in [-0.39, 0.29) is 10.1 Å². The highest BCUT2D eigenvalue weighted by atomic mass is 35.5. The Labute approximate surface area is 225 Å². The van der Waals surface area contributed by atoms with Gasteiger partial charge >= 0.3 is 12.1 Å². The summed E-state index contributed by atoms with van der Waals surface area (Å²) in [4.78, 5) is 33.3. The third-order valence-corrected chi connectivity index (χ3v) is 9.63. The third-order valence-electron chi connectivity index (χ3n) is 5.32. The van der Waals surface area contributed by atoms with Crippen molar-refractivity contribution >= 4 is 82.3 Å². The van der Waals surface area contributed by atoms with Crippen LogP contribution in [0.5, 0.6) is 0 Å². The van der Waals surface area contributed by atoms with Gasteiger partial charge in [0.1, 0.15) is 27.2 Å². The number of thiophene rings is 2. The predicted molar refractivity (Wildman–Crippen MR) is 136 cm³/mol. The van der Waals surface area contributed by atoms with Gasteiger partial charge in [-0.05, 0) is 36.1 Å². The number of aromatic nitrogens is 2. The molecule has 202 valence electrons. The number of halogens is 4. The summed E-state index contributed by atoms with van der Waals surface area (Å²) < 4.78 is 61.0. The van der Waals surface area contributed by atoms with E-state index >= 15 is 0 Å². The number of nitrogens with zero attached hydrogens (tertiary/aromatic N) is 3. The molecule has 1 atom stereocenters. The summed E-state index contributed by atoms with van der Waals surface area (Å²) in [7, 11) is -3.83. The van der Waals surface area contributed by atoms with Crippen LogP contribution in [-0.4, -0.2) is 59.0 Å². The van der Waals surface area contributed by atoms with E-state index in [0.717, 1.165) is 36.5 Å². The van der Waals surface area contributed by atoms with E-state index in [1.807, 2.05) is 6.07 Å². The number of aliphatic carboxylic acids is 1. The van der Waals surface area contributed by atoms with Crippen LogP contribution in [0.2, 0.25) is 5.02 Å². The number of carboxylic acid groups (broad SMARTS) is 1. The fourth-order valence-corrected chi connectivity index (χ4v) is 7.49. The molecule has 1 fully saturated rings. The molecule has 1 saturated heterocycles. The molecule has 4 heterocycles. The van der Waals surface area contributed by atoms with Crippen molar-refractivity contribution in [1.82, 2.24) is 19.6 Å². The minimum atomic E-state index is -5.08. The predicted octanol–water partition coefficient (Wildman–Crippen LogP) is 3.85. The molecule has 5 rings (SSSR count). The summed E-state index contributed by atoms with van der Waals surface area (Å²) in [5.41, 5.74) is 5.88. The lowest BCUT2D eigenvalue weighted by molar-refractivity contribution is -0.192. The molecule has 17 heteroatoms. The second-order valence-corrected chi connectivity index (χ2v) is 12.5. The number of nitrogens with one attached hydrogen (secondary N) is 1. The molecule has 0 unspecified atom stereocenters. The van der Waals surface area contributed by atoms with Crippen LogP contribution in [0.1, 0.15) is 11.3 Å². The van der Waals surface area contributed by atoms with Gasteiger partial charge in [-0.15, -0.1) is 22.7 Å². The van der Waals surface area contributed by atoms with Gasteiger partial charge in [-0.25, -0.2) is 23.2 Å². The van der Waals surface area contributed by atoms with Gasteiger partial charge in [0.25, 0.3) is 10.0 Å². The Balaban J connectivity index is 0.000000426. The van der Waals surface area contributed by atoms with E-state index in [0.29, 0.717) is 30.4 Å². The van der Waals surface area contributed by atoms with E-state index in [4.69, 9.17) is 27.2 Å². The summed E-state index contributed by atoms with van der Waals surface area (Å²) in [5.74, 6) is -2.60. The highest BCUT2D eigenvalue weighted by Crippen LogP contribution is 2.32. The number of carbonyl (C=O) groups excluding carboxylic acids is 1. The van der Waals surface area contributed by atoms with E-state index in [1.54, 1.807) is 29.2 Å². The number of rotatable bonds is 5. The Morgan fingerprint density at radius 1 is 1.24 bits per heavy atom. The number of hydrogen-bond donors (Lipinski definition) is 3. The van der Waals surface area contributed by atoms with E-state index in [2.05, 4.69) is 14.7 Å². The zero-order chi connectivity index (χ0) is 27.8. The second kappa shape index (κ2) is 10.6. The number of nitrogens with two attached hydrogens (primary N) is 1. The van der Waals surface area contributed by atoms with Crippen molar-refractivity contribution in [2.24, 2.45) is 0 Å². The van der Waals surface area contributed by atoms with Crippen molar-refractivity contribution in [3.05, 3.63) is 46.6 Å². The average Bonchev–Trinajstić information content (AvgIpc) is 3.52. The van der Waals surface area contributed by atoms with Crippen molar-refractivity contribution in [3.8, 4) is 0 Å². The molecular weight excluding hydrogens is 591 g/mol. The molecule has 1 aromatic carbocycles. The maximum Gasteiger partial charge on any atom is 0.490 e. The molecule has 0 radical (unpaired) electrons. The fraction of sp³-hybridized carbons (Fsp3) is 0.238. The number of likely N-dealkylation sites (tertiary alicyclic amines) is 1. The van der Waals surface area contributed by atoms with Crippen LogP contribution in [-0.2, 0) is 26.2 Å². The summed E-state index contributed by atoms with van der Waals surface area (Å²) in [6.07, 6.45) is -3.27. The van der Waals surface area contributed by atoms with Crippen molar-refractivity contribution < 1.29 is 36.3 Å². The number of fused-ring (bicyclic) bond motifs is 2. The quantitative estimate of drug-likeness (QED) is 0.309. The second-order valence-electron chi connectivity index (χ2n) is 7.96. The summed E-state index contributed by atoms with van der Waals surface area (Å²) in [6.45, 7) is 0.836. The first-order valence-corrected chi connectivity index (χ1v) is 14.0. The van der Waals surface area contributed by atoms with E-state index < -0.39 is 28.2 Å². The lowest BCUT2D eigenvalue weighted by atomic mass is 10.3. The van der Waals surface area contributed by atoms with Gasteiger partial charge in [-0.2, -0.15) is 17.9 Å². The number of anilines is 1. The largest absolute Gasteiger partial charge is 0.490 e. The van der Waals surface area contributed by atoms with Crippen LogP contribution in [0.25, 0.3) is 20.3 Å². The van der Waals surface area contributed by atoms with Crippen LogP contribution in [0.3, 0.4) is 0 Å². The normalized spacial score (nSPS) is 16.2. The molecule has 0 aliphatic carbocycles. The van der Waals surface area contributed by atoms with Crippen LogP contribution in [0, 0.1) is 0 Å². The first-order chi connectivity index (χ1) is 17.7. The molecule has 10 nitrogen and oxygen atoms in total. The number of amides is 1. The van der Waals surface area contributed by atoms with Crippen LogP contribution < -0.4 is 10.5 Å². The number of benzene rings is 1. The average molecular weight is 608 g/mol. The molecule has 0 bridgehead atoms. The Morgan fingerprint density at radius 3 is 2.61 bits per heavy atom. The third kappa shape index (κ3) is 6.15. The Kier molecular flexibility index (Phi) is 7.81. The molecule has 0 saturated carbocycles. The molecule has 4 aromatic rings. The number of alkyl halides is 3. The molecular formula is C21H17ClF3N5O5S3. The number of nitrogen functional groups attached to an aromatic ring is 1. The number of carboxylic acids is 1. The van der Waals surface area contributed by atoms with Gasteiger partial charge in [-0.3, -0.25) is 4.79 Å². The lowest BCUT2D eigenvalue weighted by Crippen LogP contribution is -2.40. The zero-order valence-corrected chi connectivity index (χ0v) is 22.1. The maximum absolute atomic E-state index is 12.9. The van der Waals surface area contributed by atoms with Gasteiger partial charge in [0, 0.05) is 21.1 Å².